The molecule has 0 saturated carbocycles. The molecule has 1 amide bonds. The Morgan fingerprint density at radius 3 is 2.48 bits per heavy atom. The van der Waals surface area contributed by atoms with E-state index >= 15 is 0 Å². The van der Waals surface area contributed by atoms with E-state index in [9.17, 15) is 4.79 Å². The number of hydrogen-bond acceptors (Lipinski definition) is 2. The highest BCUT2D eigenvalue weighted by atomic mass is 79.9. The first-order chi connectivity index (χ1) is 11.9. The fraction of sp³-hybridized carbons (Fsp3) is 0.167. The topological polar surface area (TPSA) is 43.3 Å². The van der Waals surface area contributed by atoms with Crippen molar-refractivity contribution in [3.8, 4) is 5.75 Å². The lowest BCUT2D eigenvalue weighted by Gasteiger charge is -2.10. The average molecular weight is 531 g/mol. The Morgan fingerprint density at radius 2 is 1.88 bits per heavy atom. The molecule has 25 heavy (non-hydrogen) atoms. The molecule has 0 aliphatic heterocycles. The molecule has 0 radical (unpaired) electrons. The molecule has 1 aromatic heterocycles. The summed E-state index contributed by atoms with van der Waals surface area (Å²) in [5.74, 6) is 0.553. The van der Waals surface area contributed by atoms with Crippen molar-refractivity contribution in [1.82, 2.24) is 4.57 Å². The summed E-state index contributed by atoms with van der Waals surface area (Å²) in [6, 6.07) is 12.2. The number of rotatable bonds is 4. The molecule has 130 valence electrons. The second-order valence-corrected chi connectivity index (χ2v) is 7.92. The number of fused-ring (bicyclic) bond motifs is 1. The lowest BCUT2D eigenvalue weighted by Crippen LogP contribution is -2.06. The van der Waals surface area contributed by atoms with Gasteiger partial charge in [-0.25, -0.2) is 0 Å². The van der Waals surface area contributed by atoms with Crippen LogP contribution < -0.4 is 10.1 Å². The molecule has 1 heterocycles. The molecule has 0 unspecified atom stereocenters. The van der Waals surface area contributed by atoms with E-state index in [1.807, 2.05) is 24.3 Å². The second-order valence-electron chi connectivity index (χ2n) is 5.52. The van der Waals surface area contributed by atoms with E-state index in [2.05, 4.69) is 69.8 Å². The van der Waals surface area contributed by atoms with Crippen LogP contribution in [-0.4, -0.2) is 17.6 Å². The van der Waals surface area contributed by atoms with Gasteiger partial charge < -0.3 is 14.6 Å². The van der Waals surface area contributed by atoms with E-state index in [1.165, 1.54) is 6.92 Å². The maximum atomic E-state index is 11.7. The highest BCUT2D eigenvalue weighted by Gasteiger charge is 2.22. The van der Waals surface area contributed by atoms with Gasteiger partial charge in [0.2, 0.25) is 5.91 Å². The van der Waals surface area contributed by atoms with Crippen molar-refractivity contribution >= 4 is 70.3 Å². The first kappa shape index (κ1) is 18.5. The standard InChI is InChI=1S/C18H15Br3N2O2/c1-10(24)22-16-14-13(8-12(19)17(25-2)15(14)20)23(18(16)21)9-11-6-4-3-5-7-11/h3-8H,9H2,1-2H3,(H,22,24). The Balaban J connectivity index is 2.29. The van der Waals surface area contributed by atoms with Crippen LogP contribution in [0, 0.1) is 0 Å². The lowest BCUT2D eigenvalue weighted by molar-refractivity contribution is -0.114. The molecule has 2 aromatic carbocycles. The van der Waals surface area contributed by atoms with Gasteiger partial charge in [-0.3, -0.25) is 4.79 Å². The quantitative estimate of drug-likeness (QED) is 0.453. The maximum Gasteiger partial charge on any atom is 0.221 e. The lowest BCUT2D eigenvalue weighted by atomic mass is 10.2. The van der Waals surface area contributed by atoms with Crippen LogP contribution in [0.3, 0.4) is 0 Å². The van der Waals surface area contributed by atoms with Gasteiger partial charge in [-0.05, 0) is 59.4 Å². The number of aromatic nitrogens is 1. The zero-order chi connectivity index (χ0) is 18.1. The summed E-state index contributed by atoms with van der Waals surface area (Å²) >= 11 is 10.8. The number of nitrogens with one attached hydrogen (secondary N) is 1. The van der Waals surface area contributed by atoms with E-state index in [-0.39, 0.29) is 5.91 Å². The molecular weight excluding hydrogens is 516 g/mol. The van der Waals surface area contributed by atoms with E-state index < -0.39 is 0 Å². The summed E-state index contributed by atoms with van der Waals surface area (Å²) in [6.45, 7) is 2.17. The van der Waals surface area contributed by atoms with Gasteiger partial charge in [0, 0.05) is 18.9 Å². The van der Waals surface area contributed by atoms with Gasteiger partial charge >= 0.3 is 0 Å². The molecule has 0 bridgehead atoms. The van der Waals surface area contributed by atoms with E-state index in [0.29, 0.717) is 12.3 Å². The zero-order valence-corrected chi connectivity index (χ0v) is 18.3. The minimum atomic E-state index is -0.131. The molecule has 7 heteroatoms. The third kappa shape index (κ3) is 3.50. The highest BCUT2D eigenvalue weighted by Crippen LogP contribution is 2.46. The predicted molar refractivity (Wildman–Crippen MR) is 111 cm³/mol. The van der Waals surface area contributed by atoms with Crippen LogP contribution in [-0.2, 0) is 11.3 Å². The third-order valence-electron chi connectivity index (χ3n) is 3.83. The van der Waals surface area contributed by atoms with Crippen molar-refractivity contribution in [2.24, 2.45) is 0 Å². The summed E-state index contributed by atoms with van der Waals surface area (Å²) in [5, 5.41) is 3.81. The number of halogens is 3. The summed E-state index contributed by atoms with van der Waals surface area (Å²) < 4.78 is 10.0. The third-order valence-corrected chi connectivity index (χ3v) is 6.00. The summed E-state index contributed by atoms with van der Waals surface area (Å²) in [7, 11) is 1.62. The SMILES string of the molecule is COc1c(Br)cc2c(c1Br)c(NC(C)=O)c(Br)n2Cc1ccccc1. The van der Waals surface area contributed by atoms with Crippen molar-refractivity contribution in [2.75, 3.05) is 12.4 Å². The van der Waals surface area contributed by atoms with Crippen molar-refractivity contribution in [3.05, 3.63) is 55.5 Å². The molecular formula is C18H15Br3N2O2. The Morgan fingerprint density at radius 1 is 1.20 bits per heavy atom. The van der Waals surface area contributed by atoms with Gasteiger partial charge in [0.25, 0.3) is 0 Å². The normalized spacial score (nSPS) is 10.9. The van der Waals surface area contributed by atoms with Gasteiger partial charge in [0.1, 0.15) is 10.4 Å². The van der Waals surface area contributed by atoms with Gasteiger partial charge in [-0.1, -0.05) is 30.3 Å². The van der Waals surface area contributed by atoms with Crippen molar-refractivity contribution in [1.29, 1.82) is 0 Å². The molecule has 1 N–H and O–H groups in total. The van der Waals surface area contributed by atoms with Crippen molar-refractivity contribution in [2.45, 2.75) is 13.5 Å². The molecule has 3 rings (SSSR count). The second kappa shape index (κ2) is 7.51. The maximum absolute atomic E-state index is 11.7. The average Bonchev–Trinajstić information content (AvgIpc) is 2.81. The molecule has 0 atom stereocenters. The Bertz CT molecular complexity index is 952. The summed E-state index contributed by atoms with van der Waals surface area (Å²) in [6.07, 6.45) is 0. The van der Waals surface area contributed by atoms with Gasteiger partial charge in [0.05, 0.1) is 27.3 Å². The zero-order valence-electron chi connectivity index (χ0n) is 13.6. The largest absolute Gasteiger partial charge is 0.494 e. The molecule has 3 aromatic rings. The van der Waals surface area contributed by atoms with E-state index in [4.69, 9.17) is 4.74 Å². The summed E-state index contributed by atoms with van der Waals surface area (Å²) in [4.78, 5) is 11.7. The van der Waals surface area contributed by atoms with Crippen LogP contribution in [0.15, 0.2) is 49.9 Å². The highest BCUT2D eigenvalue weighted by molar-refractivity contribution is 9.11. The van der Waals surface area contributed by atoms with Crippen molar-refractivity contribution < 1.29 is 9.53 Å². The Kier molecular flexibility index (Phi) is 5.55. The fourth-order valence-electron chi connectivity index (χ4n) is 2.78. The number of ether oxygens (including phenoxy) is 1. The van der Waals surface area contributed by atoms with E-state index in [1.54, 1.807) is 7.11 Å². The summed E-state index contributed by atoms with van der Waals surface area (Å²) in [5.41, 5.74) is 2.85. The van der Waals surface area contributed by atoms with Crippen LogP contribution >= 0.6 is 47.8 Å². The minimum Gasteiger partial charge on any atom is -0.494 e. The molecule has 4 nitrogen and oxygen atoms in total. The number of carbonyl (C=O) groups excluding carboxylic acids is 1. The number of hydrogen-bond donors (Lipinski definition) is 1. The monoisotopic (exact) mass is 528 g/mol. The molecule has 0 spiro atoms. The number of benzene rings is 2. The number of nitrogens with zero attached hydrogens (tertiary/aromatic N) is 1. The van der Waals surface area contributed by atoms with Crippen LogP contribution in [0.25, 0.3) is 10.9 Å². The minimum absolute atomic E-state index is 0.131. The first-order valence-electron chi connectivity index (χ1n) is 7.49. The predicted octanol–water partition coefficient (Wildman–Crippen LogP) is 5.94. The van der Waals surface area contributed by atoms with Gasteiger partial charge in [0.15, 0.2) is 0 Å². The van der Waals surface area contributed by atoms with Crippen LogP contribution in [0.4, 0.5) is 5.69 Å². The van der Waals surface area contributed by atoms with Crippen LogP contribution in [0.5, 0.6) is 5.75 Å². The molecule has 0 fully saturated rings. The Hall–Kier alpha value is -1.31. The Labute approximate surface area is 170 Å². The number of anilines is 1. The van der Waals surface area contributed by atoms with Gasteiger partial charge in [-0.15, -0.1) is 0 Å². The number of carbonyl (C=O) groups is 1. The van der Waals surface area contributed by atoms with Crippen LogP contribution in [0.2, 0.25) is 0 Å². The number of amides is 1. The van der Waals surface area contributed by atoms with Gasteiger partial charge in [-0.2, -0.15) is 0 Å². The fourth-order valence-corrected chi connectivity index (χ4v) is 5.01. The number of methoxy groups -OCH3 is 1. The molecule has 0 aliphatic rings. The van der Waals surface area contributed by atoms with E-state index in [0.717, 1.165) is 35.7 Å². The van der Waals surface area contributed by atoms with Crippen LogP contribution in [0.1, 0.15) is 12.5 Å². The smallest absolute Gasteiger partial charge is 0.221 e. The molecule has 0 saturated heterocycles. The molecule has 0 aliphatic carbocycles. The first-order valence-corrected chi connectivity index (χ1v) is 9.87. The van der Waals surface area contributed by atoms with Crippen molar-refractivity contribution in [3.63, 3.8) is 0 Å².